The van der Waals surface area contributed by atoms with E-state index in [0.717, 1.165) is 17.0 Å². The Morgan fingerprint density at radius 1 is 1.00 bits per heavy atom. The third-order valence-electron chi connectivity index (χ3n) is 4.60. The molecule has 24 heavy (non-hydrogen) atoms. The van der Waals surface area contributed by atoms with E-state index in [0.29, 0.717) is 32.5 Å². The van der Waals surface area contributed by atoms with Crippen LogP contribution in [0, 0.1) is 0 Å². The van der Waals surface area contributed by atoms with Crippen molar-refractivity contribution in [2.45, 2.75) is 25.2 Å². The van der Waals surface area contributed by atoms with Crippen molar-refractivity contribution >= 4 is 11.7 Å². The van der Waals surface area contributed by atoms with Crippen LogP contribution in [0.15, 0.2) is 54.6 Å². The average molecular weight is 324 g/mol. The van der Waals surface area contributed by atoms with E-state index >= 15 is 0 Å². The van der Waals surface area contributed by atoms with Crippen LogP contribution in [0.5, 0.6) is 5.75 Å². The van der Waals surface area contributed by atoms with E-state index in [1.807, 2.05) is 59.5 Å². The first kappa shape index (κ1) is 15.0. The molecule has 0 aromatic heterocycles. The van der Waals surface area contributed by atoms with Crippen LogP contribution < -0.4 is 10.1 Å². The molecule has 1 fully saturated rings. The molecule has 4 rings (SSSR count). The third-order valence-corrected chi connectivity index (χ3v) is 4.60. The van der Waals surface area contributed by atoms with Gasteiger partial charge in [0.1, 0.15) is 5.75 Å². The van der Waals surface area contributed by atoms with Gasteiger partial charge in [0.2, 0.25) is 5.79 Å². The standard InChI is InChI=1S/C19H20N2O3/c22-18(20-16-7-2-1-3-8-16)21-12-10-19(11-13-21)23-14-15-6-4-5-9-17(15)24-19/h1-9H,10-14H2,(H,20,22). The first-order chi connectivity index (χ1) is 11.7. The summed E-state index contributed by atoms with van der Waals surface area (Å²) in [6.45, 7) is 1.79. The Bertz CT molecular complexity index is 724. The fraction of sp³-hybridized carbons (Fsp3) is 0.316. The van der Waals surface area contributed by atoms with Gasteiger partial charge in [-0.3, -0.25) is 0 Å². The predicted octanol–water partition coefficient (Wildman–Crippen LogP) is 3.62. The zero-order valence-corrected chi connectivity index (χ0v) is 13.4. The first-order valence-corrected chi connectivity index (χ1v) is 8.26. The number of carbonyl (C=O) groups is 1. The third kappa shape index (κ3) is 2.95. The summed E-state index contributed by atoms with van der Waals surface area (Å²) in [4.78, 5) is 14.2. The maximum absolute atomic E-state index is 12.4. The van der Waals surface area contributed by atoms with Crippen molar-refractivity contribution in [1.82, 2.24) is 4.90 Å². The molecule has 2 aliphatic heterocycles. The minimum Gasteiger partial charge on any atom is -0.462 e. The van der Waals surface area contributed by atoms with Gasteiger partial charge < -0.3 is 19.7 Å². The largest absolute Gasteiger partial charge is 0.462 e. The van der Waals surface area contributed by atoms with Crippen molar-refractivity contribution in [2.24, 2.45) is 0 Å². The lowest BCUT2D eigenvalue weighted by atomic mass is 10.0. The highest BCUT2D eigenvalue weighted by atomic mass is 16.7. The number of piperidine rings is 1. The van der Waals surface area contributed by atoms with Crippen molar-refractivity contribution in [3.8, 4) is 5.75 Å². The van der Waals surface area contributed by atoms with Crippen LogP contribution in [0.4, 0.5) is 10.5 Å². The average Bonchev–Trinajstić information content (AvgIpc) is 2.63. The number of benzene rings is 2. The van der Waals surface area contributed by atoms with Gasteiger partial charge in [0.25, 0.3) is 0 Å². The van der Waals surface area contributed by atoms with Gasteiger partial charge in [-0.1, -0.05) is 36.4 Å². The van der Waals surface area contributed by atoms with Crippen LogP contribution >= 0.6 is 0 Å². The number of fused-ring (bicyclic) bond motifs is 1. The van der Waals surface area contributed by atoms with Crippen molar-refractivity contribution in [1.29, 1.82) is 0 Å². The number of carbonyl (C=O) groups excluding carboxylic acids is 1. The maximum Gasteiger partial charge on any atom is 0.321 e. The molecule has 1 N–H and O–H groups in total. The molecule has 0 aliphatic carbocycles. The van der Waals surface area contributed by atoms with Gasteiger partial charge in [0, 0.05) is 37.2 Å². The summed E-state index contributed by atoms with van der Waals surface area (Å²) in [5.41, 5.74) is 1.88. The summed E-state index contributed by atoms with van der Waals surface area (Å²) in [6.07, 6.45) is 1.34. The molecule has 2 aromatic rings. The van der Waals surface area contributed by atoms with E-state index in [1.54, 1.807) is 0 Å². The molecule has 5 nitrogen and oxygen atoms in total. The number of hydrogen-bond acceptors (Lipinski definition) is 3. The fourth-order valence-electron chi connectivity index (χ4n) is 3.18. The predicted molar refractivity (Wildman–Crippen MR) is 90.9 cm³/mol. The Kier molecular flexibility index (Phi) is 3.86. The van der Waals surface area contributed by atoms with Gasteiger partial charge in [-0.25, -0.2) is 4.79 Å². The number of amides is 2. The second kappa shape index (κ2) is 6.17. The van der Waals surface area contributed by atoms with Crippen LogP contribution in [0.1, 0.15) is 18.4 Å². The van der Waals surface area contributed by atoms with Gasteiger partial charge in [0.05, 0.1) is 6.61 Å². The zero-order chi connectivity index (χ0) is 16.4. The molecule has 1 saturated heterocycles. The van der Waals surface area contributed by atoms with Crippen LogP contribution in [0.3, 0.4) is 0 Å². The van der Waals surface area contributed by atoms with Crippen molar-refractivity contribution in [2.75, 3.05) is 18.4 Å². The molecule has 0 saturated carbocycles. The molecule has 0 bridgehead atoms. The van der Waals surface area contributed by atoms with E-state index in [1.165, 1.54) is 0 Å². The molecule has 2 aromatic carbocycles. The smallest absolute Gasteiger partial charge is 0.321 e. The monoisotopic (exact) mass is 324 g/mol. The number of urea groups is 1. The van der Waals surface area contributed by atoms with Crippen LogP contribution in [-0.4, -0.2) is 29.8 Å². The number of nitrogens with zero attached hydrogens (tertiary/aromatic N) is 1. The molecule has 124 valence electrons. The van der Waals surface area contributed by atoms with Gasteiger partial charge in [-0.15, -0.1) is 0 Å². The highest BCUT2D eigenvalue weighted by Crippen LogP contribution is 2.37. The lowest BCUT2D eigenvalue weighted by Crippen LogP contribution is -2.53. The van der Waals surface area contributed by atoms with Gasteiger partial charge in [0.15, 0.2) is 0 Å². The van der Waals surface area contributed by atoms with E-state index in [4.69, 9.17) is 9.47 Å². The molecule has 0 atom stereocenters. The highest BCUT2D eigenvalue weighted by Gasteiger charge is 2.41. The number of anilines is 1. The minimum atomic E-state index is -0.599. The molecule has 0 radical (unpaired) electrons. The minimum absolute atomic E-state index is 0.0766. The first-order valence-electron chi connectivity index (χ1n) is 8.26. The quantitative estimate of drug-likeness (QED) is 0.871. The number of ether oxygens (including phenoxy) is 2. The lowest BCUT2D eigenvalue weighted by molar-refractivity contribution is -0.225. The Morgan fingerprint density at radius 2 is 1.71 bits per heavy atom. The summed E-state index contributed by atoms with van der Waals surface area (Å²) in [5, 5.41) is 2.92. The van der Waals surface area contributed by atoms with Crippen LogP contribution in [0.2, 0.25) is 0 Å². The highest BCUT2D eigenvalue weighted by molar-refractivity contribution is 5.89. The number of nitrogens with one attached hydrogen (secondary N) is 1. The Morgan fingerprint density at radius 3 is 2.50 bits per heavy atom. The van der Waals surface area contributed by atoms with Crippen molar-refractivity contribution in [3.05, 3.63) is 60.2 Å². The number of hydrogen-bond donors (Lipinski definition) is 1. The summed E-state index contributed by atoms with van der Waals surface area (Å²) < 4.78 is 12.1. The van der Waals surface area contributed by atoms with Gasteiger partial charge >= 0.3 is 6.03 Å². The van der Waals surface area contributed by atoms with Gasteiger partial charge in [-0.05, 0) is 18.2 Å². The summed E-state index contributed by atoms with van der Waals surface area (Å²) in [5.74, 6) is 0.295. The number of rotatable bonds is 1. The SMILES string of the molecule is O=C(Nc1ccccc1)N1CCC2(CC1)OCc1ccccc1O2. The van der Waals surface area contributed by atoms with E-state index < -0.39 is 5.79 Å². The molecule has 2 amide bonds. The molecular weight excluding hydrogens is 304 g/mol. The molecule has 0 unspecified atom stereocenters. The summed E-state index contributed by atoms with van der Waals surface area (Å²) in [7, 11) is 0. The molecule has 2 aliphatic rings. The molecule has 1 spiro atoms. The lowest BCUT2D eigenvalue weighted by Gasteiger charge is -2.43. The van der Waals surface area contributed by atoms with E-state index in [-0.39, 0.29) is 6.03 Å². The van der Waals surface area contributed by atoms with E-state index in [9.17, 15) is 4.79 Å². The zero-order valence-electron chi connectivity index (χ0n) is 13.4. The Balaban J connectivity index is 1.38. The molecule has 5 heteroatoms. The second-order valence-electron chi connectivity index (χ2n) is 6.19. The Hall–Kier alpha value is -2.53. The fourth-order valence-corrected chi connectivity index (χ4v) is 3.18. The van der Waals surface area contributed by atoms with Gasteiger partial charge in [-0.2, -0.15) is 0 Å². The molecular formula is C19H20N2O3. The maximum atomic E-state index is 12.4. The summed E-state index contributed by atoms with van der Waals surface area (Å²) >= 11 is 0. The molecule has 2 heterocycles. The van der Waals surface area contributed by atoms with E-state index in [2.05, 4.69) is 5.32 Å². The Labute approximate surface area is 141 Å². The van der Waals surface area contributed by atoms with Crippen LogP contribution in [0.25, 0.3) is 0 Å². The number of likely N-dealkylation sites (tertiary alicyclic amines) is 1. The second-order valence-corrected chi connectivity index (χ2v) is 6.19. The topological polar surface area (TPSA) is 50.8 Å². The van der Waals surface area contributed by atoms with Crippen molar-refractivity contribution < 1.29 is 14.3 Å². The summed E-state index contributed by atoms with van der Waals surface area (Å²) in [6, 6.07) is 17.4. The normalized spacial score (nSPS) is 18.6. The number of para-hydroxylation sites is 2. The van der Waals surface area contributed by atoms with Crippen LogP contribution in [-0.2, 0) is 11.3 Å². The van der Waals surface area contributed by atoms with Crippen molar-refractivity contribution in [3.63, 3.8) is 0 Å².